The van der Waals surface area contributed by atoms with Crippen molar-refractivity contribution < 1.29 is 8.42 Å². The summed E-state index contributed by atoms with van der Waals surface area (Å²) in [7, 11) is -2.87. The smallest absolute Gasteiger partial charge is 0.151 e. The number of rotatable bonds is 0. The Balaban J connectivity index is 2.66. The molecule has 0 saturated carbocycles. The molecule has 0 aromatic heterocycles. The predicted molar refractivity (Wildman–Crippen MR) is 39.2 cm³/mol. The highest BCUT2D eigenvalue weighted by atomic mass is 32.2. The van der Waals surface area contributed by atoms with Gasteiger partial charge < -0.3 is 11.5 Å². The maximum Gasteiger partial charge on any atom is 0.151 e. The first-order valence-electron chi connectivity index (χ1n) is 3.23. The van der Waals surface area contributed by atoms with Crippen molar-refractivity contribution in [2.24, 2.45) is 11.5 Å². The highest BCUT2D eigenvalue weighted by molar-refractivity contribution is 7.91. The van der Waals surface area contributed by atoms with E-state index >= 15 is 0 Å². The van der Waals surface area contributed by atoms with Gasteiger partial charge in [0.15, 0.2) is 9.84 Å². The molecule has 0 bridgehead atoms. The molecule has 1 aliphatic rings. The zero-order valence-corrected chi connectivity index (χ0v) is 6.47. The molecule has 0 aromatic rings. The normalized spacial score (nSPS) is 39.4. The van der Waals surface area contributed by atoms with Gasteiger partial charge in [-0.25, -0.2) is 8.42 Å². The van der Waals surface area contributed by atoms with Crippen LogP contribution in [0.5, 0.6) is 0 Å². The Morgan fingerprint density at radius 3 is 2.20 bits per heavy atom. The molecule has 4 N–H and O–H groups in total. The second-order valence-electron chi connectivity index (χ2n) is 2.73. The molecule has 0 aliphatic carbocycles. The van der Waals surface area contributed by atoms with Crippen molar-refractivity contribution in [1.82, 2.24) is 0 Å². The zero-order valence-electron chi connectivity index (χ0n) is 5.66. The standard InChI is InChI=1S/C5H12N2O2S/c6-4-1-2-10(8,9)3-5(4)7/h4-5H,1-3,6-7H2. The molecule has 1 aliphatic heterocycles. The van der Waals surface area contributed by atoms with E-state index in [2.05, 4.69) is 0 Å². The van der Waals surface area contributed by atoms with Crippen LogP contribution in [0.2, 0.25) is 0 Å². The van der Waals surface area contributed by atoms with Crippen LogP contribution in [0.1, 0.15) is 6.42 Å². The van der Waals surface area contributed by atoms with Crippen LogP contribution in [0.3, 0.4) is 0 Å². The lowest BCUT2D eigenvalue weighted by atomic mass is 10.1. The van der Waals surface area contributed by atoms with Gasteiger partial charge in [0.05, 0.1) is 11.5 Å². The monoisotopic (exact) mass is 164 g/mol. The van der Waals surface area contributed by atoms with Crippen LogP contribution >= 0.6 is 0 Å². The minimum absolute atomic E-state index is 0.0498. The molecule has 1 saturated heterocycles. The fourth-order valence-electron chi connectivity index (χ4n) is 1.03. The van der Waals surface area contributed by atoms with Crippen molar-refractivity contribution in [2.45, 2.75) is 18.5 Å². The Morgan fingerprint density at radius 1 is 1.20 bits per heavy atom. The second-order valence-corrected chi connectivity index (χ2v) is 4.96. The van der Waals surface area contributed by atoms with Crippen LogP contribution in [-0.2, 0) is 9.84 Å². The average Bonchev–Trinajstić information content (AvgIpc) is 1.79. The first kappa shape index (κ1) is 7.97. The van der Waals surface area contributed by atoms with E-state index in [-0.39, 0.29) is 23.6 Å². The van der Waals surface area contributed by atoms with Crippen molar-refractivity contribution in [3.05, 3.63) is 0 Å². The van der Waals surface area contributed by atoms with Gasteiger partial charge in [0, 0.05) is 12.1 Å². The SMILES string of the molecule is NC1CCS(=O)(=O)CC1N. The number of hydrogen-bond donors (Lipinski definition) is 2. The highest BCUT2D eigenvalue weighted by Gasteiger charge is 2.27. The summed E-state index contributed by atoms with van der Waals surface area (Å²) in [6.07, 6.45) is 0.503. The Kier molecular flexibility index (Phi) is 1.98. The third-order valence-electron chi connectivity index (χ3n) is 1.76. The number of hydrogen-bond acceptors (Lipinski definition) is 4. The third kappa shape index (κ3) is 1.68. The fraction of sp³-hybridized carbons (Fsp3) is 1.00. The maximum atomic E-state index is 10.9. The fourth-order valence-corrected chi connectivity index (χ4v) is 2.66. The summed E-state index contributed by atoms with van der Waals surface area (Å²) in [6.45, 7) is 0. The third-order valence-corrected chi connectivity index (χ3v) is 3.51. The molecule has 0 amide bonds. The van der Waals surface area contributed by atoms with Crippen LogP contribution < -0.4 is 11.5 Å². The van der Waals surface area contributed by atoms with Gasteiger partial charge in [0.25, 0.3) is 0 Å². The molecule has 0 radical (unpaired) electrons. The first-order chi connectivity index (χ1) is 4.51. The summed E-state index contributed by atoms with van der Waals surface area (Å²) < 4.78 is 21.7. The van der Waals surface area contributed by atoms with Gasteiger partial charge in [-0.1, -0.05) is 0 Å². The summed E-state index contributed by atoms with van der Waals surface area (Å²) >= 11 is 0. The van der Waals surface area contributed by atoms with Gasteiger partial charge in [0.1, 0.15) is 0 Å². The Bertz CT molecular complexity index is 212. The summed E-state index contributed by atoms with van der Waals surface area (Å²) in [5, 5.41) is 0. The summed E-state index contributed by atoms with van der Waals surface area (Å²) in [6, 6.07) is -0.498. The lowest BCUT2D eigenvalue weighted by molar-refractivity contribution is 0.501. The molecule has 0 spiro atoms. The van der Waals surface area contributed by atoms with Gasteiger partial charge >= 0.3 is 0 Å². The maximum absolute atomic E-state index is 10.9. The minimum atomic E-state index is -2.87. The number of nitrogens with two attached hydrogens (primary N) is 2. The molecular formula is C5H12N2O2S. The van der Waals surface area contributed by atoms with E-state index in [0.29, 0.717) is 6.42 Å². The Morgan fingerprint density at radius 2 is 1.80 bits per heavy atom. The molecule has 0 aromatic carbocycles. The van der Waals surface area contributed by atoms with E-state index in [0.717, 1.165) is 0 Å². The van der Waals surface area contributed by atoms with Crippen LogP contribution in [0, 0.1) is 0 Å². The quantitative estimate of drug-likeness (QED) is 0.454. The summed E-state index contributed by atoms with van der Waals surface area (Å²) in [5.41, 5.74) is 11.0. The molecule has 1 heterocycles. The summed E-state index contributed by atoms with van der Waals surface area (Å²) in [4.78, 5) is 0. The molecule has 10 heavy (non-hydrogen) atoms. The predicted octanol–water partition coefficient (Wildman–Crippen LogP) is -1.54. The van der Waals surface area contributed by atoms with E-state index in [9.17, 15) is 8.42 Å². The van der Waals surface area contributed by atoms with Crippen LogP contribution in [-0.4, -0.2) is 32.0 Å². The van der Waals surface area contributed by atoms with Crippen LogP contribution in [0.15, 0.2) is 0 Å². The van der Waals surface area contributed by atoms with Gasteiger partial charge in [-0.05, 0) is 6.42 Å². The molecule has 2 unspecified atom stereocenters. The van der Waals surface area contributed by atoms with E-state index in [1.807, 2.05) is 0 Å². The average molecular weight is 164 g/mol. The van der Waals surface area contributed by atoms with Crippen LogP contribution in [0.4, 0.5) is 0 Å². The lowest BCUT2D eigenvalue weighted by Crippen LogP contribution is -2.50. The van der Waals surface area contributed by atoms with Gasteiger partial charge in [0.2, 0.25) is 0 Å². The van der Waals surface area contributed by atoms with Gasteiger partial charge in [-0.2, -0.15) is 0 Å². The van der Waals surface area contributed by atoms with Gasteiger partial charge in [-0.15, -0.1) is 0 Å². The zero-order chi connectivity index (χ0) is 7.78. The van der Waals surface area contributed by atoms with E-state index in [1.54, 1.807) is 0 Å². The van der Waals surface area contributed by atoms with E-state index < -0.39 is 9.84 Å². The minimum Gasteiger partial charge on any atom is -0.326 e. The van der Waals surface area contributed by atoms with Crippen molar-refractivity contribution in [3.63, 3.8) is 0 Å². The molecule has 1 fully saturated rings. The largest absolute Gasteiger partial charge is 0.326 e. The van der Waals surface area contributed by atoms with E-state index in [1.165, 1.54) is 0 Å². The van der Waals surface area contributed by atoms with Crippen molar-refractivity contribution in [3.8, 4) is 0 Å². The molecule has 60 valence electrons. The van der Waals surface area contributed by atoms with Crippen LogP contribution in [0.25, 0.3) is 0 Å². The Labute approximate surface area is 60.5 Å². The Hall–Kier alpha value is -0.130. The van der Waals surface area contributed by atoms with Crippen molar-refractivity contribution in [2.75, 3.05) is 11.5 Å². The molecule has 5 heteroatoms. The number of sulfone groups is 1. The topological polar surface area (TPSA) is 86.2 Å². The highest BCUT2D eigenvalue weighted by Crippen LogP contribution is 2.08. The molecular weight excluding hydrogens is 152 g/mol. The van der Waals surface area contributed by atoms with Crippen molar-refractivity contribution >= 4 is 9.84 Å². The molecule has 1 rings (SSSR count). The lowest BCUT2D eigenvalue weighted by Gasteiger charge is -2.24. The second kappa shape index (κ2) is 2.48. The molecule has 2 atom stereocenters. The first-order valence-corrected chi connectivity index (χ1v) is 5.05. The van der Waals surface area contributed by atoms with Gasteiger partial charge in [-0.3, -0.25) is 0 Å². The van der Waals surface area contributed by atoms with Crippen molar-refractivity contribution in [1.29, 1.82) is 0 Å². The molecule has 4 nitrogen and oxygen atoms in total. The summed E-state index contributed by atoms with van der Waals surface area (Å²) in [5.74, 6) is 0.246. The van der Waals surface area contributed by atoms with E-state index in [4.69, 9.17) is 11.5 Å².